The Morgan fingerprint density at radius 2 is 1.78 bits per heavy atom. The van der Waals surface area contributed by atoms with Crippen LogP contribution in [0, 0.1) is 17.8 Å². The monoisotopic (exact) mass is 586 g/mol. The Hall–Kier alpha value is -2.85. The maximum Gasteiger partial charge on any atom is 0.410 e. The van der Waals surface area contributed by atoms with Crippen LogP contribution in [0.3, 0.4) is 0 Å². The normalized spacial score (nSPS) is 22.6. The van der Waals surface area contributed by atoms with Crippen LogP contribution in [0.25, 0.3) is 11.4 Å². The van der Waals surface area contributed by atoms with Gasteiger partial charge in [-0.3, -0.25) is 4.79 Å². The Balaban J connectivity index is 1.01. The predicted octanol–water partition coefficient (Wildman–Crippen LogP) is 4.69. The van der Waals surface area contributed by atoms with Gasteiger partial charge in [0.15, 0.2) is 0 Å². The minimum Gasteiger partial charge on any atom is -0.444 e. The summed E-state index contributed by atoms with van der Waals surface area (Å²) in [6.45, 7) is 12.4. The standard InChI is InChI=1S/C30H43ClN6O4/c1-30(2,3)40-29(39)37-13-4-5-22(20-37)19-35-14-10-21(18-35)17-32-27(38)24-11-15-36(16-12-24)28-33-26(34-41-28)23-6-8-25(31)9-7-23/h6-9,21-22,24H,4-5,10-20H2,1-3H3,(H,32,38)/t21-,22-/m0/s1. The van der Waals surface area contributed by atoms with Crippen LogP contribution in [0.5, 0.6) is 0 Å². The fourth-order valence-electron chi connectivity index (χ4n) is 6.10. The summed E-state index contributed by atoms with van der Waals surface area (Å²) in [6, 6.07) is 7.84. The highest BCUT2D eigenvalue weighted by molar-refractivity contribution is 6.30. The molecule has 1 aromatic carbocycles. The molecule has 1 N–H and O–H groups in total. The topological polar surface area (TPSA) is 104 Å². The molecule has 224 valence electrons. The maximum absolute atomic E-state index is 13.0. The number of ether oxygens (including phenoxy) is 1. The third-order valence-corrected chi connectivity index (χ3v) is 8.53. The van der Waals surface area contributed by atoms with E-state index in [-0.39, 0.29) is 17.9 Å². The molecular weight excluding hydrogens is 544 g/mol. The van der Waals surface area contributed by atoms with E-state index in [1.807, 2.05) is 37.8 Å². The fraction of sp³-hybridized carbons (Fsp3) is 0.667. The van der Waals surface area contributed by atoms with Gasteiger partial charge in [0.2, 0.25) is 11.7 Å². The van der Waals surface area contributed by atoms with Gasteiger partial charge in [0, 0.05) is 62.3 Å². The van der Waals surface area contributed by atoms with Crippen LogP contribution in [0.2, 0.25) is 5.02 Å². The second-order valence-corrected chi connectivity index (χ2v) is 13.2. The molecule has 2 amide bonds. The highest BCUT2D eigenvalue weighted by Gasteiger charge is 2.32. The Morgan fingerprint density at radius 3 is 2.51 bits per heavy atom. The number of anilines is 1. The van der Waals surface area contributed by atoms with Crippen LogP contribution in [-0.4, -0.2) is 89.9 Å². The van der Waals surface area contributed by atoms with Crippen molar-refractivity contribution in [2.45, 2.75) is 58.5 Å². The summed E-state index contributed by atoms with van der Waals surface area (Å²) in [5, 5.41) is 8.00. The zero-order valence-electron chi connectivity index (χ0n) is 24.5. The van der Waals surface area contributed by atoms with Crippen molar-refractivity contribution < 1.29 is 18.8 Å². The Bertz CT molecular complexity index is 1170. The number of aromatic nitrogens is 2. The minimum atomic E-state index is -0.468. The summed E-state index contributed by atoms with van der Waals surface area (Å²) in [7, 11) is 0. The number of piperidine rings is 2. The largest absolute Gasteiger partial charge is 0.444 e. The molecule has 4 heterocycles. The summed E-state index contributed by atoms with van der Waals surface area (Å²) in [5.41, 5.74) is 0.385. The van der Waals surface area contributed by atoms with Gasteiger partial charge >= 0.3 is 12.1 Å². The lowest BCUT2D eigenvalue weighted by molar-refractivity contribution is -0.125. The molecule has 3 aliphatic rings. The summed E-state index contributed by atoms with van der Waals surface area (Å²) < 4.78 is 11.1. The summed E-state index contributed by atoms with van der Waals surface area (Å²) in [5.74, 6) is 1.62. The Labute approximate surface area is 247 Å². The molecule has 1 aromatic heterocycles. The van der Waals surface area contributed by atoms with E-state index in [0.29, 0.717) is 41.8 Å². The molecule has 0 aliphatic carbocycles. The van der Waals surface area contributed by atoms with Crippen LogP contribution in [-0.2, 0) is 9.53 Å². The number of amides is 2. The molecule has 10 nitrogen and oxygen atoms in total. The average molecular weight is 587 g/mol. The zero-order valence-corrected chi connectivity index (χ0v) is 25.2. The molecule has 0 radical (unpaired) electrons. The van der Waals surface area contributed by atoms with Crippen molar-refractivity contribution in [1.82, 2.24) is 25.3 Å². The molecule has 3 saturated heterocycles. The number of halogens is 1. The van der Waals surface area contributed by atoms with Crippen molar-refractivity contribution >= 4 is 29.6 Å². The number of benzene rings is 1. The molecule has 41 heavy (non-hydrogen) atoms. The van der Waals surface area contributed by atoms with E-state index < -0.39 is 5.60 Å². The molecule has 0 spiro atoms. The highest BCUT2D eigenvalue weighted by atomic mass is 35.5. The fourth-order valence-corrected chi connectivity index (χ4v) is 6.23. The van der Waals surface area contributed by atoms with Gasteiger partial charge < -0.3 is 29.3 Å². The van der Waals surface area contributed by atoms with Crippen LogP contribution in [0.15, 0.2) is 28.8 Å². The average Bonchev–Trinajstić information content (AvgIpc) is 3.62. The van der Waals surface area contributed by atoms with Crippen molar-refractivity contribution in [3.05, 3.63) is 29.3 Å². The van der Waals surface area contributed by atoms with Gasteiger partial charge in [-0.2, -0.15) is 4.98 Å². The molecule has 2 atom stereocenters. The first kappa shape index (κ1) is 29.6. The van der Waals surface area contributed by atoms with Gasteiger partial charge in [-0.25, -0.2) is 4.79 Å². The first-order chi connectivity index (χ1) is 19.6. The van der Waals surface area contributed by atoms with E-state index in [9.17, 15) is 9.59 Å². The Morgan fingerprint density at radius 1 is 1.02 bits per heavy atom. The third-order valence-electron chi connectivity index (χ3n) is 8.28. The molecule has 11 heteroatoms. The molecule has 5 rings (SSSR count). The molecule has 0 unspecified atom stereocenters. The van der Waals surface area contributed by atoms with E-state index in [1.54, 1.807) is 12.1 Å². The van der Waals surface area contributed by atoms with E-state index in [2.05, 4.69) is 25.3 Å². The molecular formula is C30H43ClN6O4. The minimum absolute atomic E-state index is 0.00323. The van der Waals surface area contributed by atoms with Crippen LogP contribution < -0.4 is 10.2 Å². The second kappa shape index (κ2) is 13.0. The quantitative estimate of drug-likeness (QED) is 0.498. The van der Waals surface area contributed by atoms with E-state index in [4.69, 9.17) is 20.9 Å². The first-order valence-electron chi connectivity index (χ1n) is 15.0. The second-order valence-electron chi connectivity index (χ2n) is 12.8. The highest BCUT2D eigenvalue weighted by Crippen LogP contribution is 2.27. The lowest BCUT2D eigenvalue weighted by Crippen LogP contribution is -2.45. The number of carbonyl (C=O) groups excluding carboxylic acids is 2. The number of nitrogens with one attached hydrogen (secondary N) is 1. The van der Waals surface area contributed by atoms with Gasteiger partial charge in [0.1, 0.15) is 5.60 Å². The van der Waals surface area contributed by atoms with Crippen molar-refractivity contribution in [1.29, 1.82) is 0 Å². The first-order valence-corrected chi connectivity index (χ1v) is 15.3. The van der Waals surface area contributed by atoms with E-state index in [1.165, 1.54) is 0 Å². The van der Waals surface area contributed by atoms with Crippen molar-refractivity contribution in [3.8, 4) is 11.4 Å². The number of nitrogens with zero attached hydrogens (tertiary/aromatic N) is 5. The van der Waals surface area contributed by atoms with E-state index in [0.717, 1.165) is 76.9 Å². The van der Waals surface area contributed by atoms with Crippen LogP contribution in [0.1, 0.15) is 52.9 Å². The summed E-state index contributed by atoms with van der Waals surface area (Å²) in [6.07, 6.45) is 4.58. The number of likely N-dealkylation sites (tertiary alicyclic amines) is 2. The van der Waals surface area contributed by atoms with Crippen molar-refractivity contribution in [2.75, 3.05) is 57.3 Å². The van der Waals surface area contributed by atoms with Gasteiger partial charge in [-0.15, -0.1) is 0 Å². The molecule has 0 saturated carbocycles. The summed E-state index contributed by atoms with van der Waals surface area (Å²) >= 11 is 5.97. The van der Waals surface area contributed by atoms with Crippen molar-refractivity contribution in [3.63, 3.8) is 0 Å². The number of rotatable bonds is 7. The number of hydrogen-bond acceptors (Lipinski definition) is 8. The SMILES string of the molecule is CC(C)(C)OC(=O)N1CCC[C@@H](CN2CC[C@@H](CNC(=O)C3CCN(c4nc(-c5ccc(Cl)cc5)no4)CC3)C2)C1. The molecule has 3 aliphatic heterocycles. The lowest BCUT2D eigenvalue weighted by Gasteiger charge is -2.35. The smallest absolute Gasteiger partial charge is 0.410 e. The lowest BCUT2D eigenvalue weighted by atomic mass is 9.96. The van der Waals surface area contributed by atoms with Gasteiger partial charge in [-0.05, 0) is 95.5 Å². The number of hydrogen-bond donors (Lipinski definition) is 1. The Kier molecular flexibility index (Phi) is 9.38. The predicted molar refractivity (Wildman–Crippen MR) is 158 cm³/mol. The van der Waals surface area contributed by atoms with Crippen LogP contribution >= 0.6 is 11.6 Å². The van der Waals surface area contributed by atoms with Gasteiger partial charge in [-0.1, -0.05) is 16.8 Å². The summed E-state index contributed by atoms with van der Waals surface area (Å²) in [4.78, 5) is 36.4. The van der Waals surface area contributed by atoms with Gasteiger partial charge in [0.25, 0.3) is 0 Å². The van der Waals surface area contributed by atoms with Crippen LogP contribution in [0.4, 0.5) is 10.8 Å². The molecule has 0 bridgehead atoms. The molecule has 2 aromatic rings. The molecule has 3 fully saturated rings. The third kappa shape index (κ3) is 8.13. The maximum atomic E-state index is 13.0. The number of carbonyl (C=O) groups is 2. The van der Waals surface area contributed by atoms with E-state index >= 15 is 0 Å². The zero-order chi connectivity index (χ0) is 29.0. The van der Waals surface area contributed by atoms with Crippen molar-refractivity contribution in [2.24, 2.45) is 17.8 Å². The van der Waals surface area contributed by atoms with Gasteiger partial charge in [0.05, 0.1) is 0 Å².